The van der Waals surface area contributed by atoms with Crippen LogP contribution in [0.15, 0.2) is 42.6 Å². The molecule has 2 N–H and O–H groups in total. The fraction of sp³-hybridized carbons (Fsp3) is 0.143. The molecule has 0 atom stereocenters. The third-order valence-corrected chi connectivity index (χ3v) is 2.52. The number of nitrogens with one attached hydrogen (secondary N) is 2. The van der Waals surface area contributed by atoms with E-state index in [9.17, 15) is 9.18 Å². The molecule has 1 heterocycles. The smallest absolute Gasteiger partial charge is 0.259 e. The predicted molar refractivity (Wildman–Crippen MR) is 72.8 cm³/mol. The van der Waals surface area contributed by atoms with Gasteiger partial charge in [0.15, 0.2) is 0 Å². The third kappa shape index (κ3) is 3.07. The summed E-state index contributed by atoms with van der Waals surface area (Å²) in [6.07, 6.45) is 1.60. The average molecular weight is 259 g/mol. The summed E-state index contributed by atoms with van der Waals surface area (Å²) in [5.41, 5.74) is 0.534. The number of anilines is 2. The molecule has 0 bridgehead atoms. The Kier molecular flexibility index (Phi) is 4.07. The minimum Gasteiger partial charge on any atom is -0.370 e. The van der Waals surface area contributed by atoms with Crippen LogP contribution in [-0.2, 0) is 0 Å². The number of nitrogens with zero attached hydrogens (tertiary/aromatic N) is 1. The van der Waals surface area contributed by atoms with Crippen LogP contribution in [0.3, 0.4) is 0 Å². The van der Waals surface area contributed by atoms with Crippen molar-refractivity contribution in [2.75, 3.05) is 17.2 Å². The summed E-state index contributed by atoms with van der Waals surface area (Å²) in [5.74, 6) is -0.377. The molecule has 0 fully saturated rings. The van der Waals surface area contributed by atoms with Crippen LogP contribution in [0.2, 0.25) is 0 Å². The Morgan fingerprint density at radius 1 is 1.26 bits per heavy atom. The van der Waals surface area contributed by atoms with E-state index in [1.54, 1.807) is 30.5 Å². The zero-order chi connectivity index (χ0) is 13.7. The molecule has 0 aliphatic heterocycles. The van der Waals surface area contributed by atoms with Gasteiger partial charge < -0.3 is 10.6 Å². The van der Waals surface area contributed by atoms with Gasteiger partial charge in [-0.15, -0.1) is 0 Å². The van der Waals surface area contributed by atoms with Gasteiger partial charge in [0.05, 0.1) is 11.3 Å². The molecule has 5 heteroatoms. The highest BCUT2D eigenvalue weighted by molar-refractivity contribution is 6.07. The maximum absolute atomic E-state index is 13.5. The molecule has 0 radical (unpaired) electrons. The number of hydrogen-bond donors (Lipinski definition) is 2. The zero-order valence-electron chi connectivity index (χ0n) is 10.5. The molecule has 2 aromatic rings. The second kappa shape index (κ2) is 5.95. The molecule has 1 aromatic heterocycles. The Bertz CT molecular complexity index is 586. The van der Waals surface area contributed by atoms with Crippen molar-refractivity contribution < 1.29 is 9.18 Å². The van der Waals surface area contributed by atoms with Crippen LogP contribution in [-0.4, -0.2) is 17.4 Å². The summed E-state index contributed by atoms with van der Waals surface area (Å²) >= 11 is 0. The molecule has 98 valence electrons. The van der Waals surface area contributed by atoms with E-state index in [0.29, 0.717) is 17.9 Å². The number of hydrogen-bond acceptors (Lipinski definition) is 3. The van der Waals surface area contributed by atoms with Crippen LogP contribution in [0.1, 0.15) is 17.3 Å². The summed E-state index contributed by atoms with van der Waals surface area (Å²) in [6, 6.07) is 9.34. The van der Waals surface area contributed by atoms with Gasteiger partial charge in [-0.2, -0.15) is 0 Å². The number of pyridine rings is 1. The van der Waals surface area contributed by atoms with Crippen molar-refractivity contribution in [2.45, 2.75) is 6.92 Å². The van der Waals surface area contributed by atoms with Crippen LogP contribution in [0, 0.1) is 5.82 Å². The zero-order valence-corrected chi connectivity index (χ0v) is 10.5. The lowest BCUT2D eigenvalue weighted by molar-refractivity contribution is 0.102. The maximum atomic E-state index is 13.5. The first-order chi connectivity index (χ1) is 9.22. The first kappa shape index (κ1) is 13.0. The van der Waals surface area contributed by atoms with Crippen LogP contribution in [0.25, 0.3) is 0 Å². The Balaban J connectivity index is 2.23. The molecule has 0 unspecified atom stereocenters. The first-order valence-corrected chi connectivity index (χ1v) is 5.97. The Morgan fingerprint density at radius 2 is 2.05 bits per heavy atom. The van der Waals surface area contributed by atoms with E-state index in [1.165, 1.54) is 12.1 Å². The molecule has 0 spiro atoms. The second-order valence-corrected chi connectivity index (χ2v) is 3.86. The largest absolute Gasteiger partial charge is 0.370 e. The second-order valence-electron chi connectivity index (χ2n) is 3.86. The molecule has 1 amide bonds. The van der Waals surface area contributed by atoms with Gasteiger partial charge >= 0.3 is 0 Å². The SMILES string of the molecule is CCNc1ncccc1C(=O)Nc1ccccc1F. The minimum absolute atomic E-state index is 0.152. The molecule has 1 aromatic carbocycles. The van der Waals surface area contributed by atoms with Crippen molar-refractivity contribution in [3.05, 3.63) is 54.0 Å². The maximum Gasteiger partial charge on any atom is 0.259 e. The van der Waals surface area contributed by atoms with Crippen molar-refractivity contribution in [2.24, 2.45) is 0 Å². The van der Waals surface area contributed by atoms with Crippen LogP contribution in [0.4, 0.5) is 15.9 Å². The summed E-state index contributed by atoms with van der Waals surface area (Å²) in [4.78, 5) is 16.2. The van der Waals surface area contributed by atoms with Crippen molar-refractivity contribution >= 4 is 17.4 Å². The van der Waals surface area contributed by atoms with E-state index < -0.39 is 11.7 Å². The normalized spacial score (nSPS) is 10.0. The highest BCUT2D eigenvalue weighted by Crippen LogP contribution is 2.17. The van der Waals surface area contributed by atoms with E-state index in [4.69, 9.17) is 0 Å². The molecule has 0 aliphatic carbocycles. The Hall–Kier alpha value is -2.43. The number of rotatable bonds is 4. The van der Waals surface area contributed by atoms with Gasteiger partial charge in [0.1, 0.15) is 11.6 Å². The fourth-order valence-electron chi connectivity index (χ4n) is 1.65. The first-order valence-electron chi connectivity index (χ1n) is 5.97. The summed E-state index contributed by atoms with van der Waals surface area (Å²) < 4.78 is 13.5. The topological polar surface area (TPSA) is 54.0 Å². The molecule has 0 saturated carbocycles. The number of carbonyl (C=O) groups excluding carboxylic acids is 1. The molecular weight excluding hydrogens is 245 g/mol. The van der Waals surface area contributed by atoms with Crippen molar-refractivity contribution in [3.63, 3.8) is 0 Å². The standard InChI is InChI=1S/C14H14FN3O/c1-2-16-13-10(6-5-9-17-13)14(19)18-12-8-4-3-7-11(12)15/h3-9H,2H2,1H3,(H,16,17)(H,18,19). The van der Waals surface area contributed by atoms with Gasteiger partial charge in [-0.1, -0.05) is 12.1 Å². The number of amides is 1. The molecule has 0 saturated heterocycles. The number of halogens is 1. The van der Waals surface area contributed by atoms with E-state index >= 15 is 0 Å². The van der Waals surface area contributed by atoms with Gasteiger partial charge in [0.25, 0.3) is 5.91 Å². The highest BCUT2D eigenvalue weighted by Gasteiger charge is 2.13. The molecule has 2 rings (SSSR count). The van der Waals surface area contributed by atoms with Crippen LogP contribution < -0.4 is 10.6 Å². The molecule has 4 nitrogen and oxygen atoms in total. The van der Waals surface area contributed by atoms with Gasteiger partial charge in [-0.25, -0.2) is 9.37 Å². The molecule has 19 heavy (non-hydrogen) atoms. The number of benzene rings is 1. The lowest BCUT2D eigenvalue weighted by atomic mass is 10.2. The number of aromatic nitrogens is 1. The average Bonchev–Trinajstić information content (AvgIpc) is 2.42. The Morgan fingerprint density at radius 3 is 2.79 bits per heavy atom. The van der Waals surface area contributed by atoms with E-state index in [2.05, 4.69) is 15.6 Å². The lowest BCUT2D eigenvalue weighted by Crippen LogP contribution is -2.16. The fourth-order valence-corrected chi connectivity index (χ4v) is 1.65. The van der Waals surface area contributed by atoms with Gasteiger partial charge in [-0.3, -0.25) is 4.79 Å². The number of para-hydroxylation sites is 1. The van der Waals surface area contributed by atoms with E-state index in [0.717, 1.165) is 0 Å². The van der Waals surface area contributed by atoms with Gasteiger partial charge in [0, 0.05) is 12.7 Å². The summed E-state index contributed by atoms with van der Waals surface area (Å²) in [6.45, 7) is 2.56. The van der Waals surface area contributed by atoms with E-state index in [-0.39, 0.29) is 5.69 Å². The lowest BCUT2D eigenvalue weighted by Gasteiger charge is -2.10. The monoisotopic (exact) mass is 259 g/mol. The van der Waals surface area contributed by atoms with E-state index in [1.807, 2.05) is 6.92 Å². The van der Waals surface area contributed by atoms with Crippen LogP contribution >= 0.6 is 0 Å². The third-order valence-electron chi connectivity index (χ3n) is 2.52. The van der Waals surface area contributed by atoms with Crippen molar-refractivity contribution in [1.29, 1.82) is 0 Å². The van der Waals surface area contributed by atoms with Crippen molar-refractivity contribution in [3.8, 4) is 0 Å². The minimum atomic E-state index is -0.468. The Labute approximate surface area is 110 Å². The summed E-state index contributed by atoms with van der Waals surface area (Å²) in [7, 11) is 0. The quantitative estimate of drug-likeness (QED) is 0.887. The predicted octanol–water partition coefficient (Wildman–Crippen LogP) is 2.90. The molecule has 0 aliphatic rings. The van der Waals surface area contributed by atoms with Crippen molar-refractivity contribution in [1.82, 2.24) is 4.98 Å². The highest BCUT2D eigenvalue weighted by atomic mass is 19.1. The van der Waals surface area contributed by atoms with Crippen LogP contribution in [0.5, 0.6) is 0 Å². The van der Waals surface area contributed by atoms with Gasteiger partial charge in [-0.05, 0) is 31.2 Å². The number of carbonyl (C=O) groups is 1. The molecular formula is C14H14FN3O. The summed E-state index contributed by atoms with van der Waals surface area (Å²) in [5, 5.41) is 5.52. The van der Waals surface area contributed by atoms with Gasteiger partial charge in [0.2, 0.25) is 0 Å².